The summed E-state index contributed by atoms with van der Waals surface area (Å²) in [6, 6.07) is 10.4. The van der Waals surface area contributed by atoms with Crippen LogP contribution in [-0.2, 0) is 16.2 Å². The van der Waals surface area contributed by atoms with Crippen molar-refractivity contribution >= 4 is 22.7 Å². The molecule has 8 heteroatoms. The molecule has 0 spiro atoms. The van der Waals surface area contributed by atoms with Gasteiger partial charge >= 0.3 is 6.18 Å². The number of halogens is 3. The first kappa shape index (κ1) is 19.8. The Bertz CT molecular complexity index is 834. The summed E-state index contributed by atoms with van der Waals surface area (Å²) in [5, 5.41) is 0. The van der Waals surface area contributed by atoms with Crippen LogP contribution in [0.4, 0.5) is 13.2 Å². The van der Waals surface area contributed by atoms with Crippen molar-refractivity contribution < 1.29 is 21.6 Å². The van der Waals surface area contributed by atoms with Crippen molar-refractivity contribution in [2.75, 3.05) is 12.8 Å². The van der Waals surface area contributed by atoms with Crippen LogP contribution in [0.1, 0.15) is 12.5 Å². The van der Waals surface area contributed by atoms with E-state index < -0.39 is 21.8 Å². The van der Waals surface area contributed by atoms with Crippen molar-refractivity contribution in [3.8, 4) is 11.1 Å². The molecule has 2 aromatic carbocycles. The number of nitrogens with zero attached hydrogens (tertiary/aromatic N) is 1. The Labute approximate surface area is 150 Å². The quantitative estimate of drug-likeness (QED) is 0.774. The maximum absolute atomic E-state index is 12.8. The van der Waals surface area contributed by atoms with Gasteiger partial charge in [0.2, 0.25) is 10.0 Å². The predicted octanol–water partition coefficient (Wildman–Crippen LogP) is 4.31. The molecule has 0 N–H and O–H groups in total. The summed E-state index contributed by atoms with van der Waals surface area (Å²) in [4.78, 5) is 0.0827. The molecule has 0 aliphatic rings. The lowest BCUT2D eigenvalue weighted by atomic mass is 10.0. The maximum Gasteiger partial charge on any atom is 0.416 e. The number of thiol groups is 1. The van der Waals surface area contributed by atoms with E-state index in [4.69, 9.17) is 0 Å². The van der Waals surface area contributed by atoms with E-state index >= 15 is 0 Å². The molecule has 0 heterocycles. The number of alkyl halides is 3. The van der Waals surface area contributed by atoms with Crippen LogP contribution in [0.25, 0.3) is 11.1 Å². The summed E-state index contributed by atoms with van der Waals surface area (Å²) in [5.41, 5.74) is 0.134. The predicted molar refractivity (Wildman–Crippen MR) is 95.1 cm³/mol. The highest BCUT2D eigenvalue weighted by Gasteiger charge is 2.30. The first-order valence-corrected chi connectivity index (χ1v) is 9.51. The summed E-state index contributed by atoms with van der Waals surface area (Å²) in [7, 11) is -2.21. The van der Waals surface area contributed by atoms with E-state index in [9.17, 15) is 21.6 Å². The Morgan fingerprint density at radius 3 is 2.20 bits per heavy atom. The molecule has 0 amide bonds. The fourth-order valence-electron chi connectivity index (χ4n) is 2.21. The first-order valence-electron chi connectivity index (χ1n) is 7.44. The highest BCUT2D eigenvalue weighted by atomic mass is 32.2. The molecule has 0 aromatic heterocycles. The van der Waals surface area contributed by atoms with Crippen LogP contribution in [0.2, 0.25) is 0 Å². The second kappa shape index (κ2) is 7.39. The first-order chi connectivity index (χ1) is 11.6. The average molecular weight is 389 g/mol. The Hall–Kier alpha value is -1.51. The van der Waals surface area contributed by atoms with E-state index in [1.807, 2.05) is 0 Å². The van der Waals surface area contributed by atoms with Crippen LogP contribution in [0.15, 0.2) is 53.4 Å². The Balaban J connectivity index is 2.35. The largest absolute Gasteiger partial charge is 0.416 e. The summed E-state index contributed by atoms with van der Waals surface area (Å²) in [6.07, 6.45) is -4.43. The van der Waals surface area contributed by atoms with Crippen molar-refractivity contribution in [2.45, 2.75) is 24.0 Å². The second-order valence-electron chi connectivity index (χ2n) is 5.66. The molecule has 0 aliphatic carbocycles. The molecule has 0 saturated heterocycles. The number of hydrogen-bond acceptors (Lipinski definition) is 3. The van der Waals surface area contributed by atoms with Gasteiger partial charge in [-0.2, -0.15) is 30.1 Å². The number of benzene rings is 2. The van der Waals surface area contributed by atoms with Gasteiger partial charge in [-0.15, -0.1) is 0 Å². The summed E-state index contributed by atoms with van der Waals surface area (Å²) >= 11 is 4.10. The standard InChI is InChI=1S/C17H18F3NO2S2/c1-12(11-24)21(2)25(22,23)16-8-6-13(7-9-16)14-4-3-5-15(10-14)17(18,19)20/h3-10,12,24H,11H2,1-2H3/t12-/m1/s1. The van der Waals surface area contributed by atoms with Crippen LogP contribution >= 0.6 is 12.6 Å². The fraction of sp³-hybridized carbons (Fsp3) is 0.294. The molecule has 0 unspecified atom stereocenters. The van der Waals surface area contributed by atoms with Gasteiger partial charge < -0.3 is 0 Å². The molecule has 25 heavy (non-hydrogen) atoms. The van der Waals surface area contributed by atoms with E-state index in [0.29, 0.717) is 16.9 Å². The average Bonchev–Trinajstić information content (AvgIpc) is 2.59. The van der Waals surface area contributed by atoms with Crippen LogP contribution in [0, 0.1) is 0 Å². The smallest absolute Gasteiger partial charge is 0.207 e. The van der Waals surface area contributed by atoms with Crippen LogP contribution in [0.3, 0.4) is 0 Å². The van der Waals surface area contributed by atoms with Gasteiger partial charge in [-0.25, -0.2) is 8.42 Å². The highest BCUT2D eigenvalue weighted by molar-refractivity contribution is 7.89. The van der Waals surface area contributed by atoms with Crippen molar-refractivity contribution in [3.05, 3.63) is 54.1 Å². The van der Waals surface area contributed by atoms with Gasteiger partial charge in [0, 0.05) is 18.8 Å². The number of hydrogen-bond donors (Lipinski definition) is 1. The summed E-state index contributed by atoms with van der Waals surface area (Å²) in [5.74, 6) is 0.373. The number of sulfonamides is 1. The van der Waals surface area contributed by atoms with Crippen LogP contribution in [-0.4, -0.2) is 31.6 Å². The molecule has 2 rings (SSSR count). The maximum atomic E-state index is 12.8. The SMILES string of the molecule is C[C@H](CS)N(C)S(=O)(=O)c1ccc(-c2cccc(C(F)(F)F)c2)cc1. The Kier molecular flexibility index (Phi) is 5.86. The van der Waals surface area contributed by atoms with E-state index in [1.54, 1.807) is 13.0 Å². The molecule has 0 fully saturated rings. The third-order valence-corrected chi connectivity index (χ3v) is 6.45. The van der Waals surface area contributed by atoms with E-state index in [1.165, 1.54) is 41.7 Å². The fourth-order valence-corrected chi connectivity index (χ4v) is 3.93. The minimum absolute atomic E-state index is 0.0827. The molecule has 1 atom stereocenters. The van der Waals surface area contributed by atoms with Gasteiger partial charge in [-0.1, -0.05) is 24.3 Å². The lowest BCUT2D eigenvalue weighted by molar-refractivity contribution is -0.137. The van der Waals surface area contributed by atoms with Gasteiger partial charge in [-0.05, 0) is 42.3 Å². The third kappa shape index (κ3) is 4.37. The van der Waals surface area contributed by atoms with Gasteiger partial charge in [0.15, 0.2) is 0 Å². The summed E-state index contributed by atoms with van der Waals surface area (Å²) in [6.45, 7) is 1.74. The van der Waals surface area contributed by atoms with Crippen molar-refractivity contribution in [2.24, 2.45) is 0 Å². The normalized spacial score (nSPS) is 13.9. The molecule has 0 saturated carbocycles. The molecular formula is C17H18F3NO2S2. The number of rotatable bonds is 5. The molecule has 0 bridgehead atoms. The molecule has 0 radical (unpaired) electrons. The van der Waals surface area contributed by atoms with Gasteiger partial charge in [0.05, 0.1) is 10.5 Å². The molecular weight excluding hydrogens is 371 g/mol. The van der Waals surface area contributed by atoms with Gasteiger partial charge in [-0.3, -0.25) is 0 Å². The van der Waals surface area contributed by atoms with Crippen molar-refractivity contribution in [3.63, 3.8) is 0 Å². The van der Waals surface area contributed by atoms with Crippen LogP contribution in [0.5, 0.6) is 0 Å². The lowest BCUT2D eigenvalue weighted by Gasteiger charge is -2.22. The highest BCUT2D eigenvalue weighted by Crippen LogP contribution is 2.32. The van der Waals surface area contributed by atoms with Crippen molar-refractivity contribution in [1.82, 2.24) is 4.31 Å². The minimum atomic E-state index is -4.43. The molecule has 0 aliphatic heterocycles. The molecule has 2 aromatic rings. The zero-order valence-corrected chi connectivity index (χ0v) is 15.4. The Morgan fingerprint density at radius 1 is 1.08 bits per heavy atom. The zero-order chi connectivity index (χ0) is 18.8. The monoisotopic (exact) mass is 389 g/mol. The minimum Gasteiger partial charge on any atom is -0.207 e. The topological polar surface area (TPSA) is 37.4 Å². The molecule has 136 valence electrons. The second-order valence-corrected chi connectivity index (χ2v) is 8.02. The lowest BCUT2D eigenvalue weighted by Crippen LogP contribution is -2.36. The summed E-state index contributed by atoms with van der Waals surface area (Å²) < 4.78 is 64.7. The van der Waals surface area contributed by atoms with E-state index in [2.05, 4.69) is 12.6 Å². The molecule has 3 nitrogen and oxygen atoms in total. The van der Waals surface area contributed by atoms with Crippen molar-refractivity contribution in [1.29, 1.82) is 0 Å². The van der Waals surface area contributed by atoms with E-state index in [-0.39, 0.29) is 10.9 Å². The Morgan fingerprint density at radius 2 is 1.68 bits per heavy atom. The van der Waals surface area contributed by atoms with E-state index in [0.717, 1.165) is 12.1 Å². The van der Waals surface area contributed by atoms with Gasteiger partial charge in [0.1, 0.15) is 0 Å². The van der Waals surface area contributed by atoms with Crippen LogP contribution < -0.4 is 0 Å². The zero-order valence-electron chi connectivity index (χ0n) is 13.7. The third-order valence-electron chi connectivity index (χ3n) is 3.94. The van der Waals surface area contributed by atoms with Gasteiger partial charge in [0.25, 0.3) is 0 Å².